The fraction of sp³-hybridized carbons (Fsp3) is 0.143. The third kappa shape index (κ3) is 1.72. The quantitative estimate of drug-likeness (QED) is 0.744. The fourth-order valence-corrected chi connectivity index (χ4v) is 2.16. The molecule has 4 nitrogen and oxygen atoms in total. The van der Waals surface area contributed by atoms with E-state index < -0.39 is 0 Å². The first-order chi connectivity index (χ1) is 8.75. The highest BCUT2D eigenvalue weighted by Crippen LogP contribution is 2.12. The van der Waals surface area contributed by atoms with Gasteiger partial charge in [-0.1, -0.05) is 18.2 Å². The summed E-state index contributed by atoms with van der Waals surface area (Å²) in [5, 5.41) is 3.89. The molecule has 4 heteroatoms. The van der Waals surface area contributed by atoms with Gasteiger partial charge in [0.15, 0.2) is 0 Å². The number of aromatic amines is 1. The van der Waals surface area contributed by atoms with E-state index in [0.717, 1.165) is 22.0 Å². The molecule has 18 heavy (non-hydrogen) atoms. The Morgan fingerprint density at radius 1 is 1.28 bits per heavy atom. The number of nitrogens with zero attached hydrogens (tertiary/aromatic N) is 2. The minimum atomic E-state index is 0.0203. The number of aryl methyl sites for hydroxylation is 1. The van der Waals surface area contributed by atoms with Crippen molar-refractivity contribution in [3.05, 3.63) is 64.2 Å². The number of benzene rings is 1. The van der Waals surface area contributed by atoms with Crippen LogP contribution in [0.2, 0.25) is 0 Å². The van der Waals surface area contributed by atoms with Crippen LogP contribution in [0.25, 0.3) is 10.9 Å². The monoisotopic (exact) mass is 239 g/mol. The number of fused-ring (bicyclic) bond motifs is 1. The Labute approximate surface area is 104 Å². The van der Waals surface area contributed by atoms with Gasteiger partial charge in [0.1, 0.15) is 0 Å². The van der Waals surface area contributed by atoms with Crippen LogP contribution in [0.1, 0.15) is 11.1 Å². The molecule has 0 aliphatic rings. The molecule has 0 atom stereocenters. The van der Waals surface area contributed by atoms with E-state index in [1.807, 2.05) is 37.3 Å². The van der Waals surface area contributed by atoms with Crippen LogP contribution < -0.4 is 5.56 Å². The SMILES string of the molecule is Cc1cccc2[nH]n(Cc3cccnc3)c(=O)c12. The second-order valence-corrected chi connectivity index (χ2v) is 4.36. The zero-order valence-electron chi connectivity index (χ0n) is 10.1. The third-order valence-electron chi connectivity index (χ3n) is 3.05. The molecule has 3 aromatic rings. The summed E-state index contributed by atoms with van der Waals surface area (Å²) in [5.74, 6) is 0. The molecule has 1 aromatic carbocycles. The minimum absolute atomic E-state index is 0.0203. The Morgan fingerprint density at radius 3 is 2.89 bits per heavy atom. The predicted octanol–water partition coefficient (Wildman–Crippen LogP) is 2.08. The van der Waals surface area contributed by atoms with Gasteiger partial charge in [0.05, 0.1) is 17.4 Å². The van der Waals surface area contributed by atoms with Gasteiger partial charge in [-0.25, -0.2) is 4.68 Å². The van der Waals surface area contributed by atoms with Gasteiger partial charge >= 0.3 is 0 Å². The molecule has 1 N–H and O–H groups in total. The highest BCUT2D eigenvalue weighted by Gasteiger charge is 2.08. The third-order valence-corrected chi connectivity index (χ3v) is 3.05. The Morgan fingerprint density at radius 2 is 2.17 bits per heavy atom. The van der Waals surface area contributed by atoms with Gasteiger partial charge in [0.2, 0.25) is 0 Å². The Bertz CT molecular complexity index is 741. The smallest absolute Gasteiger partial charge is 0.274 e. The summed E-state index contributed by atoms with van der Waals surface area (Å²) in [6.45, 7) is 2.47. The lowest BCUT2D eigenvalue weighted by molar-refractivity contribution is 0.670. The Kier molecular flexibility index (Phi) is 2.48. The molecule has 0 unspecified atom stereocenters. The lowest BCUT2D eigenvalue weighted by atomic mass is 10.1. The first kappa shape index (κ1) is 10.8. The molecular formula is C14H13N3O. The molecular weight excluding hydrogens is 226 g/mol. The maximum atomic E-state index is 12.3. The second kappa shape index (κ2) is 4.14. The predicted molar refractivity (Wildman–Crippen MR) is 70.6 cm³/mol. The van der Waals surface area contributed by atoms with E-state index in [4.69, 9.17) is 0 Å². The lowest BCUT2D eigenvalue weighted by Gasteiger charge is -2.00. The zero-order chi connectivity index (χ0) is 12.5. The van der Waals surface area contributed by atoms with Crippen molar-refractivity contribution in [2.24, 2.45) is 0 Å². The first-order valence-electron chi connectivity index (χ1n) is 5.83. The van der Waals surface area contributed by atoms with Crippen LogP contribution in [0.15, 0.2) is 47.5 Å². The standard InChI is InChI=1S/C14H13N3O/c1-10-4-2-6-12-13(10)14(18)17(16-12)9-11-5-3-7-15-8-11/h2-8,16H,9H2,1H3. The molecule has 0 spiro atoms. The number of aromatic nitrogens is 3. The van der Waals surface area contributed by atoms with Crippen LogP contribution in [0.3, 0.4) is 0 Å². The van der Waals surface area contributed by atoms with E-state index in [9.17, 15) is 4.79 Å². The highest BCUT2D eigenvalue weighted by molar-refractivity contribution is 5.81. The molecule has 3 rings (SSSR count). The minimum Gasteiger partial charge on any atom is -0.295 e. The summed E-state index contributed by atoms with van der Waals surface area (Å²) in [6.07, 6.45) is 3.49. The summed E-state index contributed by atoms with van der Waals surface area (Å²) < 4.78 is 1.62. The number of pyridine rings is 1. The van der Waals surface area contributed by atoms with Crippen molar-refractivity contribution < 1.29 is 0 Å². The van der Waals surface area contributed by atoms with E-state index in [2.05, 4.69) is 10.1 Å². The van der Waals surface area contributed by atoms with Crippen LogP contribution in [-0.4, -0.2) is 14.8 Å². The van der Waals surface area contributed by atoms with Crippen LogP contribution in [0.5, 0.6) is 0 Å². The molecule has 2 aromatic heterocycles. The summed E-state index contributed by atoms with van der Waals surface area (Å²) in [5.41, 5.74) is 2.90. The van der Waals surface area contributed by atoms with Crippen molar-refractivity contribution in [2.45, 2.75) is 13.5 Å². The van der Waals surface area contributed by atoms with E-state index in [1.165, 1.54) is 0 Å². The van der Waals surface area contributed by atoms with Crippen molar-refractivity contribution in [1.82, 2.24) is 14.8 Å². The van der Waals surface area contributed by atoms with Crippen LogP contribution >= 0.6 is 0 Å². The molecule has 0 aliphatic carbocycles. The van der Waals surface area contributed by atoms with Crippen LogP contribution in [0.4, 0.5) is 0 Å². The summed E-state index contributed by atoms with van der Waals surface area (Å²) in [6, 6.07) is 9.64. The van der Waals surface area contributed by atoms with Crippen LogP contribution in [-0.2, 0) is 6.54 Å². The van der Waals surface area contributed by atoms with Gasteiger partial charge in [0.25, 0.3) is 5.56 Å². The summed E-state index contributed by atoms with van der Waals surface area (Å²) >= 11 is 0. The van der Waals surface area contributed by atoms with Gasteiger partial charge in [0, 0.05) is 12.4 Å². The van der Waals surface area contributed by atoms with Gasteiger partial charge in [-0.2, -0.15) is 0 Å². The zero-order valence-corrected chi connectivity index (χ0v) is 10.1. The molecule has 0 aliphatic heterocycles. The maximum absolute atomic E-state index is 12.3. The number of H-pyrrole nitrogens is 1. The summed E-state index contributed by atoms with van der Waals surface area (Å²) in [7, 11) is 0. The van der Waals surface area contributed by atoms with Gasteiger partial charge < -0.3 is 0 Å². The number of rotatable bonds is 2. The van der Waals surface area contributed by atoms with E-state index in [0.29, 0.717) is 6.54 Å². The average molecular weight is 239 g/mol. The largest absolute Gasteiger partial charge is 0.295 e. The molecule has 0 saturated carbocycles. The van der Waals surface area contributed by atoms with E-state index in [1.54, 1.807) is 17.1 Å². The normalized spacial score (nSPS) is 10.9. The van der Waals surface area contributed by atoms with Crippen molar-refractivity contribution >= 4 is 10.9 Å². The molecule has 0 fully saturated rings. The maximum Gasteiger partial charge on any atom is 0.274 e. The second-order valence-electron chi connectivity index (χ2n) is 4.36. The molecule has 0 saturated heterocycles. The number of hydrogen-bond acceptors (Lipinski definition) is 2. The van der Waals surface area contributed by atoms with E-state index >= 15 is 0 Å². The number of nitrogens with one attached hydrogen (secondary N) is 1. The van der Waals surface area contributed by atoms with Gasteiger partial charge in [-0.05, 0) is 30.2 Å². The molecule has 0 radical (unpaired) electrons. The molecule has 0 amide bonds. The van der Waals surface area contributed by atoms with Crippen molar-refractivity contribution in [3.63, 3.8) is 0 Å². The van der Waals surface area contributed by atoms with Crippen molar-refractivity contribution in [2.75, 3.05) is 0 Å². The molecule has 2 heterocycles. The highest BCUT2D eigenvalue weighted by atomic mass is 16.1. The Balaban J connectivity index is 2.11. The molecule has 90 valence electrons. The van der Waals surface area contributed by atoms with E-state index in [-0.39, 0.29) is 5.56 Å². The Hall–Kier alpha value is -2.36. The first-order valence-corrected chi connectivity index (χ1v) is 5.83. The van der Waals surface area contributed by atoms with Crippen molar-refractivity contribution in [1.29, 1.82) is 0 Å². The average Bonchev–Trinajstić information content (AvgIpc) is 2.69. The van der Waals surface area contributed by atoms with Crippen LogP contribution in [0, 0.1) is 6.92 Å². The van der Waals surface area contributed by atoms with Gasteiger partial charge in [-0.15, -0.1) is 0 Å². The fourth-order valence-electron chi connectivity index (χ4n) is 2.16. The topological polar surface area (TPSA) is 50.7 Å². The summed E-state index contributed by atoms with van der Waals surface area (Å²) in [4.78, 5) is 16.3. The molecule has 0 bridgehead atoms. The van der Waals surface area contributed by atoms with Crippen molar-refractivity contribution in [3.8, 4) is 0 Å². The lowest BCUT2D eigenvalue weighted by Crippen LogP contribution is -2.17. The van der Waals surface area contributed by atoms with Gasteiger partial charge in [-0.3, -0.25) is 14.9 Å². The number of hydrogen-bond donors (Lipinski definition) is 1.